The molecule has 0 radical (unpaired) electrons. The number of hydrogen-bond acceptors (Lipinski definition) is 2. The summed E-state index contributed by atoms with van der Waals surface area (Å²) in [7, 11) is 0. The van der Waals surface area contributed by atoms with Gasteiger partial charge in [-0.25, -0.2) is 0 Å². The number of hydrogen-bond donors (Lipinski definition) is 1. The van der Waals surface area contributed by atoms with Crippen molar-refractivity contribution in [2.45, 2.75) is 6.42 Å². The highest BCUT2D eigenvalue weighted by Crippen LogP contribution is 2.42. The Balaban J connectivity index is 2.31. The molecule has 0 aromatic heterocycles. The van der Waals surface area contributed by atoms with Crippen molar-refractivity contribution < 1.29 is 9.59 Å². The Hall–Kier alpha value is -0.860. The van der Waals surface area contributed by atoms with Gasteiger partial charge in [0.25, 0.3) is 0 Å². The van der Waals surface area contributed by atoms with Gasteiger partial charge in [0.1, 0.15) is 0 Å². The molecule has 1 heterocycles. The molecule has 42 valence electrons. The molecule has 1 aliphatic carbocycles. The zero-order chi connectivity index (χ0) is 5.72. The summed E-state index contributed by atoms with van der Waals surface area (Å²) in [6, 6.07) is 0. The first-order valence-corrected chi connectivity index (χ1v) is 2.64. The van der Waals surface area contributed by atoms with E-state index in [4.69, 9.17) is 0 Å². The molecular weight excluding hydrogens is 106 g/mol. The van der Waals surface area contributed by atoms with Crippen molar-refractivity contribution in [3.8, 4) is 0 Å². The Morgan fingerprint density at radius 3 is 1.88 bits per heavy atom. The maximum absolute atomic E-state index is 10.5. The summed E-state index contributed by atoms with van der Waals surface area (Å²) < 4.78 is 0. The van der Waals surface area contributed by atoms with Gasteiger partial charge in [-0.15, -0.1) is 0 Å². The van der Waals surface area contributed by atoms with E-state index in [1.165, 1.54) is 0 Å². The van der Waals surface area contributed by atoms with Crippen LogP contribution >= 0.6 is 0 Å². The van der Waals surface area contributed by atoms with Gasteiger partial charge < -0.3 is 0 Å². The van der Waals surface area contributed by atoms with Crippen LogP contribution < -0.4 is 5.32 Å². The highest BCUT2D eigenvalue weighted by Gasteiger charge is 2.54. The van der Waals surface area contributed by atoms with E-state index in [0.29, 0.717) is 0 Å². The topological polar surface area (TPSA) is 46.2 Å². The summed E-state index contributed by atoms with van der Waals surface area (Å²) in [6.45, 7) is 0. The Kier molecular flexibility index (Phi) is 0.477. The number of piperidine rings is 1. The zero-order valence-electron chi connectivity index (χ0n) is 4.18. The molecule has 8 heavy (non-hydrogen) atoms. The molecule has 0 aromatic rings. The van der Waals surface area contributed by atoms with Gasteiger partial charge in [-0.05, 0) is 6.42 Å². The summed E-state index contributed by atoms with van der Waals surface area (Å²) in [5, 5.41) is 2.24. The van der Waals surface area contributed by atoms with Crippen molar-refractivity contribution in [2.75, 3.05) is 0 Å². The maximum atomic E-state index is 10.5. The molecule has 1 saturated carbocycles. The minimum atomic E-state index is -0.0694. The van der Waals surface area contributed by atoms with Crippen LogP contribution in [0.4, 0.5) is 0 Å². The largest absolute Gasteiger partial charge is 0.296 e. The smallest absolute Gasteiger partial charge is 0.230 e. The van der Waals surface area contributed by atoms with Crippen LogP contribution in [0.2, 0.25) is 0 Å². The normalized spacial score (nSPS) is 41.5. The molecule has 2 unspecified atom stereocenters. The maximum Gasteiger partial charge on any atom is 0.230 e. The molecule has 3 heteroatoms. The molecule has 1 saturated heterocycles. The number of fused-ring (bicyclic) bond motifs is 1. The standard InChI is InChI=1S/C5H5NO2/c7-4-2-1-3(2)5(8)6-4/h2-3H,1H2,(H,6,7,8). The van der Waals surface area contributed by atoms with Crippen molar-refractivity contribution in [1.82, 2.24) is 5.32 Å². The molecule has 1 N–H and O–H groups in total. The predicted octanol–water partition coefficient (Wildman–Crippen LogP) is -0.721. The second-order valence-corrected chi connectivity index (χ2v) is 2.30. The van der Waals surface area contributed by atoms with Crippen LogP contribution in [-0.4, -0.2) is 11.8 Å². The first-order chi connectivity index (χ1) is 3.79. The number of carbonyl (C=O) groups excluding carboxylic acids is 2. The Labute approximate surface area is 46.1 Å². The van der Waals surface area contributed by atoms with Gasteiger partial charge in [0.2, 0.25) is 11.8 Å². The lowest BCUT2D eigenvalue weighted by molar-refractivity contribution is -0.127. The summed E-state index contributed by atoms with van der Waals surface area (Å²) in [5.41, 5.74) is 0. The third-order valence-corrected chi connectivity index (χ3v) is 1.71. The first-order valence-electron chi connectivity index (χ1n) is 2.64. The van der Waals surface area contributed by atoms with Crippen LogP contribution in [0, 0.1) is 11.8 Å². The first kappa shape index (κ1) is 4.06. The number of carbonyl (C=O) groups is 2. The number of amides is 2. The molecule has 0 spiro atoms. The fourth-order valence-corrected chi connectivity index (χ4v) is 1.08. The second kappa shape index (κ2) is 0.940. The van der Waals surface area contributed by atoms with Gasteiger partial charge >= 0.3 is 0 Å². The van der Waals surface area contributed by atoms with Crippen molar-refractivity contribution in [3.63, 3.8) is 0 Å². The van der Waals surface area contributed by atoms with Crippen LogP contribution in [0.3, 0.4) is 0 Å². The van der Waals surface area contributed by atoms with Crippen LogP contribution in [0.1, 0.15) is 6.42 Å². The lowest BCUT2D eigenvalue weighted by atomic mass is 10.4. The van der Waals surface area contributed by atoms with Crippen molar-refractivity contribution in [1.29, 1.82) is 0 Å². The fraction of sp³-hybridized carbons (Fsp3) is 0.600. The number of nitrogens with one attached hydrogen (secondary N) is 1. The number of rotatable bonds is 0. The SMILES string of the molecule is O=C1NC(=O)C2CC12. The minimum Gasteiger partial charge on any atom is -0.296 e. The van der Waals surface area contributed by atoms with E-state index in [1.54, 1.807) is 0 Å². The van der Waals surface area contributed by atoms with Crippen LogP contribution in [0.5, 0.6) is 0 Å². The lowest BCUT2D eigenvalue weighted by Crippen LogP contribution is -2.24. The van der Waals surface area contributed by atoms with Gasteiger partial charge in [0, 0.05) is 0 Å². The predicted molar refractivity (Wildman–Crippen MR) is 24.7 cm³/mol. The Bertz CT molecular complexity index is 157. The quantitative estimate of drug-likeness (QED) is 0.419. The lowest BCUT2D eigenvalue weighted by Gasteiger charge is -1.88. The summed E-state index contributed by atoms with van der Waals surface area (Å²) >= 11 is 0. The number of imide groups is 1. The Morgan fingerprint density at radius 2 is 1.75 bits per heavy atom. The molecule has 0 bridgehead atoms. The van der Waals surface area contributed by atoms with Gasteiger partial charge in [0.15, 0.2) is 0 Å². The summed E-state index contributed by atoms with van der Waals surface area (Å²) in [5.74, 6) is -0.0231. The van der Waals surface area contributed by atoms with Gasteiger partial charge in [-0.1, -0.05) is 0 Å². The van der Waals surface area contributed by atoms with Crippen molar-refractivity contribution in [2.24, 2.45) is 11.8 Å². The van der Waals surface area contributed by atoms with Gasteiger partial charge in [-0.3, -0.25) is 14.9 Å². The Morgan fingerprint density at radius 1 is 1.25 bits per heavy atom. The third-order valence-electron chi connectivity index (χ3n) is 1.71. The zero-order valence-corrected chi connectivity index (χ0v) is 4.18. The monoisotopic (exact) mass is 111 g/mol. The average molecular weight is 111 g/mol. The molecular formula is C5H5NO2. The molecule has 3 nitrogen and oxygen atoms in total. The van der Waals surface area contributed by atoms with E-state index in [-0.39, 0.29) is 23.7 Å². The fourth-order valence-electron chi connectivity index (χ4n) is 1.08. The van der Waals surface area contributed by atoms with E-state index in [9.17, 15) is 9.59 Å². The van der Waals surface area contributed by atoms with E-state index >= 15 is 0 Å². The second-order valence-electron chi connectivity index (χ2n) is 2.30. The van der Waals surface area contributed by atoms with E-state index in [0.717, 1.165) is 6.42 Å². The van der Waals surface area contributed by atoms with Gasteiger partial charge in [-0.2, -0.15) is 0 Å². The van der Waals surface area contributed by atoms with Gasteiger partial charge in [0.05, 0.1) is 11.8 Å². The molecule has 2 fully saturated rings. The van der Waals surface area contributed by atoms with Crippen molar-refractivity contribution in [3.05, 3.63) is 0 Å². The summed E-state index contributed by atoms with van der Waals surface area (Å²) in [6.07, 6.45) is 0.796. The van der Waals surface area contributed by atoms with Crippen LogP contribution in [0.25, 0.3) is 0 Å². The third kappa shape index (κ3) is 0.300. The molecule has 0 aromatic carbocycles. The highest BCUT2D eigenvalue weighted by molar-refractivity contribution is 6.08. The molecule has 2 amide bonds. The van der Waals surface area contributed by atoms with E-state index in [2.05, 4.69) is 5.32 Å². The molecule has 1 aliphatic heterocycles. The molecule has 2 aliphatic rings. The summed E-state index contributed by atoms with van der Waals surface area (Å²) in [4.78, 5) is 21.0. The average Bonchev–Trinajstić information content (AvgIpc) is 2.35. The van der Waals surface area contributed by atoms with E-state index in [1.807, 2.05) is 0 Å². The molecule has 2 rings (SSSR count). The van der Waals surface area contributed by atoms with E-state index < -0.39 is 0 Å². The highest BCUT2D eigenvalue weighted by atomic mass is 16.2. The van der Waals surface area contributed by atoms with Crippen LogP contribution in [0.15, 0.2) is 0 Å². The molecule has 2 atom stereocenters. The van der Waals surface area contributed by atoms with Crippen LogP contribution in [-0.2, 0) is 9.59 Å². The minimum absolute atomic E-state index is 0.0579. The van der Waals surface area contributed by atoms with Crippen molar-refractivity contribution >= 4 is 11.8 Å².